The Balaban J connectivity index is 1.69. The third kappa shape index (κ3) is 3.19. The number of aromatic nitrogens is 3. The molecule has 32 heavy (non-hydrogen) atoms. The number of nitrogens with one attached hydrogen (secondary N) is 1. The van der Waals surface area contributed by atoms with E-state index in [9.17, 15) is 4.79 Å². The standard InChI is InChI=1S/C24H24N4O4/c1-30-15-12-10-14(11-13-15)23-26-24-25-17-7-5-8-18(29)20(17)21(28(24)27-23)16-6-4-9-19(31-2)22(16)32-3/h4,6,9-13,21H,5,7-8H2,1-3H3,(H,25,26,27). The average Bonchev–Trinajstić information content (AvgIpc) is 3.26. The number of fused-ring (bicyclic) bond motifs is 1. The predicted octanol–water partition coefficient (Wildman–Crippen LogP) is 3.99. The molecule has 2 aliphatic rings. The molecule has 2 aromatic carbocycles. The van der Waals surface area contributed by atoms with Gasteiger partial charge < -0.3 is 19.5 Å². The zero-order valence-electron chi connectivity index (χ0n) is 18.2. The average molecular weight is 432 g/mol. The molecule has 2 heterocycles. The third-order valence-corrected chi connectivity index (χ3v) is 5.94. The van der Waals surface area contributed by atoms with E-state index in [1.807, 2.05) is 42.5 Å². The maximum absolute atomic E-state index is 13.1. The summed E-state index contributed by atoms with van der Waals surface area (Å²) in [6, 6.07) is 12.8. The number of benzene rings is 2. The Morgan fingerprint density at radius 1 is 1.00 bits per heavy atom. The number of rotatable bonds is 5. The van der Waals surface area contributed by atoms with Gasteiger partial charge in [0.05, 0.1) is 21.3 Å². The van der Waals surface area contributed by atoms with Crippen molar-refractivity contribution < 1.29 is 19.0 Å². The van der Waals surface area contributed by atoms with E-state index in [0.29, 0.717) is 35.3 Å². The summed E-state index contributed by atoms with van der Waals surface area (Å²) in [6.45, 7) is 0. The number of carbonyl (C=O) groups is 1. The van der Waals surface area contributed by atoms with Gasteiger partial charge in [0.25, 0.3) is 0 Å². The lowest BCUT2D eigenvalue weighted by Gasteiger charge is -2.32. The van der Waals surface area contributed by atoms with Crippen LogP contribution < -0.4 is 19.5 Å². The molecule has 1 aliphatic heterocycles. The molecule has 8 heteroatoms. The smallest absolute Gasteiger partial charge is 0.226 e. The Morgan fingerprint density at radius 3 is 2.53 bits per heavy atom. The second kappa shape index (κ2) is 8.03. The summed E-state index contributed by atoms with van der Waals surface area (Å²) < 4.78 is 18.3. The van der Waals surface area contributed by atoms with Gasteiger partial charge in [-0.3, -0.25) is 4.79 Å². The van der Waals surface area contributed by atoms with Gasteiger partial charge in [0, 0.05) is 28.8 Å². The molecule has 0 saturated heterocycles. The molecule has 0 bridgehead atoms. The Labute approximate surface area is 185 Å². The number of carbonyl (C=O) groups excluding carboxylic acids is 1. The molecule has 1 atom stereocenters. The molecular formula is C24H24N4O4. The molecule has 3 aromatic rings. The minimum Gasteiger partial charge on any atom is -0.497 e. The molecule has 0 radical (unpaired) electrons. The maximum Gasteiger partial charge on any atom is 0.226 e. The fourth-order valence-corrected chi connectivity index (χ4v) is 4.43. The van der Waals surface area contributed by atoms with Gasteiger partial charge in [-0.25, -0.2) is 4.68 Å². The molecule has 8 nitrogen and oxygen atoms in total. The largest absolute Gasteiger partial charge is 0.497 e. The zero-order chi connectivity index (χ0) is 22.2. The van der Waals surface area contributed by atoms with Crippen LogP contribution in [0.2, 0.25) is 0 Å². The van der Waals surface area contributed by atoms with E-state index < -0.39 is 6.04 Å². The molecule has 0 spiro atoms. The number of nitrogens with zero attached hydrogens (tertiary/aromatic N) is 3. The topological polar surface area (TPSA) is 87.5 Å². The molecule has 5 rings (SSSR count). The van der Waals surface area contributed by atoms with Crippen molar-refractivity contribution in [3.63, 3.8) is 0 Å². The first-order valence-electron chi connectivity index (χ1n) is 10.5. The number of anilines is 1. The van der Waals surface area contributed by atoms with Gasteiger partial charge in [-0.05, 0) is 43.2 Å². The first-order chi connectivity index (χ1) is 15.6. The molecule has 1 aromatic heterocycles. The zero-order valence-corrected chi connectivity index (χ0v) is 18.2. The number of para-hydroxylation sites is 1. The lowest BCUT2D eigenvalue weighted by Crippen LogP contribution is -2.31. The van der Waals surface area contributed by atoms with Crippen LogP contribution >= 0.6 is 0 Å². The van der Waals surface area contributed by atoms with Crippen LogP contribution in [0, 0.1) is 0 Å². The van der Waals surface area contributed by atoms with Crippen LogP contribution in [0.3, 0.4) is 0 Å². The van der Waals surface area contributed by atoms with Crippen LogP contribution in [0.15, 0.2) is 53.7 Å². The highest BCUT2D eigenvalue weighted by molar-refractivity contribution is 5.99. The summed E-state index contributed by atoms with van der Waals surface area (Å²) in [5.74, 6) is 3.22. The highest BCUT2D eigenvalue weighted by atomic mass is 16.5. The number of hydrogen-bond acceptors (Lipinski definition) is 7. The van der Waals surface area contributed by atoms with Crippen molar-refractivity contribution >= 4 is 11.7 Å². The van der Waals surface area contributed by atoms with Gasteiger partial charge in [0.2, 0.25) is 5.95 Å². The first kappa shape index (κ1) is 20.1. The van der Waals surface area contributed by atoms with Crippen molar-refractivity contribution in [1.82, 2.24) is 14.8 Å². The Bertz CT molecular complexity index is 1210. The summed E-state index contributed by atoms with van der Waals surface area (Å²) in [7, 11) is 4.83. The van der Waals surface area contributed by atoms with Crippen molar-refractivity contribution in [3.8, 4) is 28.6 Å². The van der Waals surface area contributed by atoms with Crippen LogP contribution in [-0.2, 0) is 4.79 Å². The minimum absolute atomic E-state index is 0.112. The van der Waals surface area contributed by atoms with E-state index in [0.717, 1.165) is 35.4 Å². The number of allylic oxidation sites excluding steroid dienone is 2. The number of ether oxygens (including phenoxy) is 3. The van der Waals surface area contributed by atoms with Crippen LogP contribution in [0.25, 0.3) is 11.4 Å². The lowest BCUT2D eigenvalue weighted by atomic mass is 9.85. The van der Waals surface area contributed by atoms with Gasteiger partial charge in [0.1, 0.15) is 11.8 Å². The highest BCUT2D eigenvalue weighted by Gasteiger charge is 2.38. The molecule has 1 unspecified atom stereocenters. The van der Waals surface area contributed by atoms with E-state index in [2.05, 4.69) is 5.32 Å². The molecule has 1 aliphatic carbocycles. The number of hydrogen-bond donors (Lipinski definition) is 1. The molecule has 164 valence electrons. The molecule has 0 saturated carbocycles. The number of Topliss-reactive ketones (excluding diaryl/α,β-unsaturated/α-hetero) is 1. The van der Waals surface area contributed by atoms with E-state index >= 15 is 0 Å². The Kier molecular flexibility index (Phi) is 5.05. The van der Waals surface area contributed by atoms with Gasteiger partial charge in [-0.2, -0.15) is 4.98 Å². The van der Waals surface area contributed by atoms with E-state index in [1.165, 1.54) is 0 Å². The summed E-state index contributed by atoms with van der Waals surface area (Å²) in [5.41, 5.74) is 3.28. The quantitative estimate of drug-likeness (QED) is 0.652. The fourth-order valence-electron chi connectivity index (χ4n) is 4.43. The Morgan fingerprint density at radius 2 is 1.81 bits per heavy atom. The molecule has 0 amide bonds. The lowest BCUT2D eigenvalue weighted by molar-refractivity contribution is -0.116. The van der Waals surface area contributed by atoms with Crippen LogP contribution in [-0.4, -0.2) is 41.9 Å². The summed E-state index contributed by atoms with van der Waals surface area (Å²) in [5, 5.41) is 8.17. The van der Waals surface area contributed by atoms with Gasteiger partial charge in [0.15, 0.2) is 23.1 Å². The maximum atomic E-state index is 13.1. The minimum atomic E-state index is -0.460. The SMILES string of the molecule is COc1ccc(-c2nc3n(n2)C(c2cccc(OC)c2OC)C2=C(CCCC2=O)N3)cc1. The highest BCUT2D eigenvalue weighted by Crippen LogP contribution is 2.45. The van der Waals surface area contributed by atoms with E-state index in [1.54, 1.807) is 26.0 Å². The summed E-state index contributed by atoms with van der Waals surface area (Å²) in [4.78, 5) is 17.8. The van der Waals surface area contributed by atoms with Crippen molar-refractivity contribution in [2.45, 2.75) is 25.3 Å². The predicted molar refractivity (Wildman–Crippen MR) is 119 cm³/mol. The van der Waals surface area contributed by atoms with Gasteiger partial charge in [-0.15, -0.1) is 5.10 Å². The summed E-state index contributed by atoms with van der Waals surface area (Å²) in [6.07, 6.45) is 2.11. The van der Waals surface area contributed by atoms with Crippen LogP contribution in [0.5, 0.6) is 17.2 Å². The molecule has 1 N–H and O–H groups in total. The normalized spacial score (nSPS) is 17.3. The van der Waals surface area contributed by atoms with Gasteiger partial charge in [-0.1, -0.05) is 12.1 Å². The fraction of sp³-hybridized carbons (Fsp3) is 0.292. The monoisotopic (exact) mass is 432 g/mol. The van der Waals surface area contributed by atoms with Crippen LogP contribution in [0.4, 0.5) is 5.95 Å². The summed E-state index contributed by atoms with van der Waals surface area (Å²) >= 11 is 0. The second-order valence-corrected chi connectivity index (χ2v) is 7.71. The van der Waals surface area contributed by atoms with Crippen molar-refractivity contribution in [3.05, 3.63) is 59.3 Å². The third-order valence-electron chi connectivity index (χ3n) is 5.94. The molecule has 0 fully saturated rings. The number of ketones is 1. The van der Waals surface area contributed by atoms with Crippen molar-refractivity contribution in [1.29, 1.82) is 0 Å². The van der Waals surface area contributed by atoms with E-state index in [-0.39, 0.29) is 5.78 Å². The van der Waals surface area contributed by atoms with Gasteiger partial charge >= 0.3 is 0 Å². The number of methoxy groups -OCH3 is 3. The van der Waals surface area contributed by atoms with E-state index in [4.69, 9.17) is 24.3 Å². The van der Waals surface area contributed by atoms with Crippen molar-refractivity contribution in [2.75, 3.05) is 26.6 Å². The van der Waals surface area contributed by atoms with Crippen molar-refractivity contribution in [2.24, 2.45) is 0 Å². The first-order valence-corrected chi connectivity index (χ1v) is 10.5. The van der Waals surface area contributed by atoms with Crippen LogP contribution in [0.1, 0.15) is 30.9 Å². The second-order valence-electron chi connectivity index (χ2n) is 7.71. The molecular weight excluding hydrogens is 408 g/mol. The Hall–Kier alpha value is -3.81.